The molecule has 128 valence electrons. The van der Waals surface area contributed by atoms with Crippen molar-refractivity contribution in [2.24, 2.45) is 0 Å². The zero-order valence-corrected chi connectivity index (χ0v) is 14.8. The zero-order valence-electron chi connectivity index (χ0n) is 14.8. The molecule has 1 aromatic heterocycles. The standard InChI is InChI=1S/C19H26N4O/c1-15-5-4-6-18(16(15)2)22-11-13-23(14-12-22)19(24)7-9-21-10-8-20-17(21)3/h4-6,8,10H,7,9,11-14H2,1-3H3. The van der Waals surface area contributed by atoms with Crippen LogP contribution in [-0.4, -0.2) is 46.5 Å². The smallest absolute Gasteiger partial charge is 0.224 e. The van der Waals surface area contributed by atoms with Crippen LogP contribution in [0.5, 0.6) is 0 Å². The maximum Gasteiger partial charge on any atom is 0.224 e. The lowest BCUT2D eigenvalue weighted by molar-refractivity contribution is -0.131. The van der Waals surface area contributed by atoms with Gasteiger partial charge in [0, 0.05) is 57.2 Å². The van der Waals surface area contributed by atoms with E-state index in [-0.39, 0.29) is 5.91 Å². The molecule has 3 rings (SSSR count). The number of piperazine rings is 1. The normalized spacial score (nSPS) is 15.0. The zero-order chi connectivity index (χ0) is 17.1. The summed E-state index contributed by atoms with van der Waals surface area (Å²) < 4.78 is 2.03. The molecule has 0 bridgehead atoms. The van der Waals surface area contributed by atoms with Crippen molar-refractivity contribution in [2.45, 2.75) is 33.7 Å². The minimum atomic E-state index is 0.240. The van der Waals surface area contributed by atoms with Crippen molar-refractivity contribution < 1.29 is 4.79 Å². The maximum absolute atomic E-state index is 12.4. The molecule has 2 heterocycles. The van der Waals surface area contributed by atoms with Crippen LogP contribution >= 0.6 is 0 Å². The lowest BCUT2D eigenvalue weighted by Gasteiger charge is -2.37. The number of amides is 1. The molecule has 24 heavy (non-hydrogen) atoms. The highest BCUT2D eigenvalue weighted by Gasteiger charge is 2.22. The Morgan fingerprint density at radius 1 is 1.12 bits per heavy atom. The molecule has 5 heteroatoms. The molecule has 0 aliphatic carbocycles. The quantitative estimate of drug-likeness (QED) is 0.867. The highest BCUT2D eigenvalue weighted by atomic mass is 16.2. The van der Waals surface area contributed by atoms with E-state index in [9.17, 15) is 4.79 Å². The number of carbonyl (C=O) groups excluding carboxylic acids is 1. The first-order valence-corrected chi connectivity index (χ1v) is 8.63. The monoisotopic (exact) mass is 326 g/mol. The number of rotatable bonds is 4. The van der Waals surface area contributed by atoms with Crippen molar-refractivity contribution in [1.82, 2.24) is 14.5 Å². The van der Waals surface area contributed by atoms with Gasteiger partial charge in [-0.05, 0) is 38.0 Å². The maximum atomic E-state index is 12.4. The van der Waals surface area contributed by atoms with Gasteiger partial charge in [-0.1, -0.05) is 12.1 Å². The molecule has 1 aromatic carbocycles. The van der Waals surface area contributed by atoms with E-state index in [0.717, 1.165) is 32.0 Å². The molecule has 1 aliphatic rings. The third kappa shape index (κ3) is 3.45. The Labute approximate surface area is 143 Å². The fraction of sp³-hybridized carbons (Fsp3) is 0.474. The lowest BCUT2D eigenvalue weighted by Crippen LogP contribution is -2.49. The molecule has 1 saturated heterocycles. The Balaban J connectivity index is 1.54. The summed E-state index contributed by atoms with van der Waals surface area (Å²) in [6.45, 7) is 10.4. The van der Waals surface area contributed by atoms with Gasteiger partial charge in [-0.3, -0.25) is 4.79 Å². The van der Waals surface area contributed by atoms with E-state index in [2.05, 4.69) is 41.9 Å². The minimum absolute atomic E-state index is 0.240. The van der Waals surface area contributed by atoms with Crippen LogP contribution in [0.3, 0.4) is 0 Å². The van der Waals surface area contributed by atoms with Crippen LogP contribution in [0.2, 0.25) is 0 Å². The Morgan fingerprint density at radius 3 is 2.54 bits per heavy atom. The van der Waals surface area contributed by atoms with Gasteiger partial charge in [0.25, 0.3) is 0 Å². The average molecular weight is 326 g/mol. The predicted molar refractivity (Wildman–Crippen MR) is 96.3 cm³/mol. The van der Waals surface area contributed by atoms with E-state index >= 15 is 0 Å². The number of nitrogens with zero attached hydrogens (tertiary/aromatic N) is 4. The van der Waals surface area contributed by atoms with Crippen LogP contribution in [0.25, 0.3) is 0 Å². The van der Waals surface area contributed by atoms with E-state index < -0.39 is 0 Å². The number of imidazole rings is 1. The molecule has 1 amide bonds. The lowest BCUT2D eigenvalue weighted by atomic mass is 10.1. The van der Waals surface area contributed by atoms with Crippen LogP contribution in [0.1, 0.15) is 23.4 Å². The van der Waals surface area contributed by atoms with Crippen LogP contribution in [-0.2, 0) is 11.3 Å². The second-order valence-corrected chi connectivity index (χ2v) is 6.50. The van der Waals surface area contributed by atoms with Gasteiger partial charge >= 0.3 is 0 Å². The number of aromatic nitrogens is 2. The number of carbonyl (C=O) groups is 1. The van der Waals surface area contributed by atoms with Crippen molar-refractivity contribution in [3.63, 3.8) is 0 Å². The molecule has 0 N–H and O–H groups in total. The second kappa shape index (κ2) is 7.07. The van der Waals surface area contributed by atoms with E-state index in [1.165, 1.54) is 16.8 Å². The van der Waals surface area contributed by atoms with E-state index in [1.807, 2.05) is 22.6 Å². The Bertz CT molecular complexity index is 714. The third-order valence-electron chi connectivity index (χ3n) is 5.04. The van der Waals surface area contributed by atoms with Crippen LogP contribution in [0, 0.1) is 20.8 Å². The highest BCUT2D eigenvalue weighted by molar-refractivity contribution is 5.76. The highest BCUT2D eigenvalue weighted by Crippen LogP contribution is 2.24. The van der Waals surface area contributed by atoms with Gasteiger partial charge in [-0.15, -0.1) is 0 Å². The van der Waals surface area contributed by atoms with Crippen LogP contribution in [0.15, 0.2) is 30.6 Å². The van der Waals surface area contributed by atoms with E-state index in [1.54, 1.807) is 6.20 Å². The third-order valence-corrected chi connectivity index (χ3v) is 5.04. The summed E-state index contributed by atoms with van der Waals surface area (Å²) in [5.41, 5.74) is 3.96. The number of hydrogen-bond donors (Lipinski definition) is 0. The fourth-order valence-electron chi connectivity index (χ4n) is 3.29. The fourth-order valence-corrected chi connectivity index (χ4v) is 3.29. The summed E-state index contributed by atoms with van der Waals surface area (Å²) in [6, 6.07) is 6.45. The number of hydrogen-bond acceptors (Lipinski definition) is 3. The van der Waals surface area contributed by atoms with Gasteiger partial charge in [0.05, 0.1) is 0 Å². The van der Waals surface area contributed by atoms with Crippen molar-refractivity contribution >= 4 is 11.6 Å². The summed E-state index contributed by atoms with van der Waals surface area (Å²) in [4.78, 5) is 21.0. The molecular weight excluding hydrogens is 300 g/mol. The van der Waals surface area contributed by atoms with Crippen molar-refractivity contribution in [1.29, 1.82) is 0 Å². The summed E-state index contributed by atoms with van der Waals surface area (Å²) >= 11 is 0. The van der Waals surface area contributed by atoms with Crippen molar-refractivity contribution in [3.05, 3.63) is 47.5 Å². The van der Waals surface area contributed by atoms with Crippen molar-refractivity contribution in [2.75, 3.05) is 31.1 Å². The molecule has 0 atom stereocenters. The first kappa shape index (κ1) is 16.6. The number of anilines is 1. The first-order chi connectivity index (χ1) is 11.6. The average Bonchev–Trinajstić information content (AvgIpc) is 3.00. The summed E-state index contributed by atoms with van der Waals surface area (Å²) in [5.74, 6) is 1.20. The number of aryl methyl sites for hydroxylation is 3. The SMILES string of the molecule is Cc1cccc(N2CCN(C(=O)CCn3ccnc3C)CC2)c1C. The van der Waals surface area contributed by atoms with Crippen LogP contribution in [0.4, 0.5) is 5.69 Å². The molecular formula is C19H26N4O. The second-order valence-electron chi connectivity index (χ2n) is 6.50. The molecule has 0 spiro atoms. The molecule has 0 unspecified atom stereocenters. The van der Waals surface area contributed by atoms with Gasteiger partial charge in [0.1, 0.15) is 5.82 Å². The molecule has 2 aromatic rings. The Kier molecular flexibility index (Phi) is 4.88. The van der Waals surface area contributed by atoms with Crippen molar-refractivity contribution in [3.8, 4) is 0 Å². The molecule has 1 fully saturated rings. The number of benzene rings is 1. The first-order valence-electron chi connectivity index (χ1n) is 8.63. The Morgan fingerprint density at radius 2 is 1.88 bits per heavy atom. The Hall–Kier alpha value is -2.30. The van der Waals surface area contributed by atoms with Crippen LogP contribution < -0.4 is 4.90 Å². The minimum Gasteiger partial charge on any atom is -0.368 e. The predicted octanol–water partition coefficient (Wildman–Crippen LogP) is 2.55. The molecule has 0 radical (unpaired) electrons. The van der Waals surface area contributed by atoms with Gasteiger partial charge in [-0.25, -0.2) is 4.98 Å². The topological polar surface area (TPSA) is 41.4 Å². The molecule has 0 saturated carbocycles. The summed E-state index contributed by atoms with van der Waals surface area (Å²) in [7, 11) is 0. The largest absolute Gasteiger partial charge is 0.368 e. The summed E-state index contributed by atoms with van der Waals surface area (Å²) in [5, 5.41) is 0. The van der Waals surface area contributed by atoms with E-state index in [0.29, 0.717) is 13.0 Å². The van der Waals surface area contributed by atoms with Gasteiger partial charge in [0.15, 0.2) is 0 Å². The van der Waals surface area contributed by atoms with Gasteiger partial charge in [0.2, 0.25) is 5.91 Å². The van der Waals surface area contributed by atoms with Gasteiger partial charge in [-0.2, -0.15) is 0 Å². The summed E-state index contributed by atoms with van der Waals surface area (Å²) in [6.07, 6.45) is 4.25. The molecule has 1 aliphatic heterocycles. The molecule has 5 nitrogen and oxygen atoms in total. The van der Waals surface area contributed by atoms with Gasteiger partial charge < -0.3 is 14.4 Å². The van der Waals surface area contributed by atoms with E-state index in [4.69, 9.17) is 0 Å².